The number of hydrogen-bond donors (Lipinski definition) is 2. The summed E-state index contributed by atoms with van der Waals surface area (Å²) in [6.07, 6.45) is -0.502. The Balaban J connectivity index is 2.72. The molecule has 1 aliphatic heterocycles. The Hall–Kier alpha value is -0.610. The maximum Gasteiger partial charge on any atom is 0.312 e. The Labute approximate surface area is 64.8 Å². The van der Waals surface area contributed by atoms with E-state index in [4.69, 9.17) is 9.84 Å². The van der Waals surface area contributed by atoms with Crippen LogP contribution in [-0.2, 0) is 9.53 Å². The Morgan fingerprint density at radius 2 is 2.36 bits per heavy atom. The number of aliphatic hydroxyl groups is 1. The zero-order chi connectivity index (χ0) is 8.48. The van der Waals surface area contributed by atoms with Gasteiger partial charge in [-0.3, -0.25) is 4.79 Å². The molecule has 2 N–H and O–H groups in total. The minimum absolute atomic E-state index is 0.128. The second-order valence-corrected chi connectivity index (χ2v) is 3.06. The van der Waals surface area contributed by atoms with E-state index >= 15 is 0 Å². The predicted molar refractivity (Wildman–Crippen MR) is 37.2 cm³/mol. The van der Waals surface area contributed by atoms with Crippen LogP contribution in [0.3, 0.4) is 0 Å². The van der Waals surface area contributed by atoms with Crippen LogP contribution >= 0.6 is 0 Å². The zero-order valence-electron chi connectivity index (χ0n) is 6.41. The third-order valence-electron chi connectivity index (χ3n) is 2.27. The molecule has 4 heteroatoms. The molecule has 0 aromatic rings. The van der Waals surface area contributed by atoms with Crippen molar-refractivity contribution in [1.29, 1.82) is 0 Å². The Bertz CT molecular complexity index is 168. The van der Waals surface area contributed by atoms with Gasteiger partial charge in [0.15, 0.2) is 0 Å². The highest BCUT2D eigenvalue weighted by Crippen LogP contribution is 2.30. The Morgan fingerprint density at radius 1 is 1.73 bits per heavy atom. The standard InChI is InChI=1S/C7H12O4/c1-7(6(9)10)2-3-11-4-5(7)8/h5,8H,2-4H2,1H3,(H,9,10). The summed E-state index contributed by atoms with van der Waals surface area (Å²) < 4.78 is 4.91. The van der Waals surface area contributed by atoms with Gasteiger partial charge in [0.2, 0.25) is 0 Å². The highest BCUT2D eigenvalue weighted by Gasteiger charge is 2.42. The maximum atomic E-state index is 10.7. The first-order chi connectivity index (χ1) is 5.07. The summed E-state index contributed by atoms with van der Waals surface area (Å²) in [5.41, 5.74) is -1.02. The van der Waals surface area contributed by atoms with Gasteiger partial charge in [-0.25, -0.2) is 0 Å². The van der Waals surface area contributed by atoms with E-state index in [1.807, 2.05) is 0 Å². The van der Waals surface area contributed by atoms with Crippen LogP contribution in [0, 0.1) is 5.41 Å². The van der Waals surface area contributed by atoms with Gasteiger partial charge in [0.05, 0.1) is 18.1 Å². The molecule has 0 aliphatic carbocycles. The number of aliphatic carboxylic acids is 1. The minimum atomic E-state index is -1.02. The van der Waals surface area contributed by atoms with Crippen molar-refractivity contribution in [2.24, 2.45) is 5.41 Å². The van der Waals surface area contributed by atoms with Gasteiger partial charge in [-0.05, 0) is 13.3 Å². The first-order valence-electron chi connectivity index (χ1n) is 3.56. The van der Waals surface area contributed by atoms with E-state index in [0.717, 1.165) is 0 Å². The van der Waals surface area contributed by atoms with Crippen molar-refractivity contribution in [2.75, 3.05) is 13.2 Å². The fourth-order valence-electron chi connectivity index (χ4n) is 1.08. The fraction of sp³-hybridized carbons (Fsp3) is 0.857. The fourth-order valence-corrected chi connectivity index (χ4v) is 1.08. The van der Waals surface area contributed by atoms with Gasteiger partial charge in [-0.1, -0.05) is 0 Å². The summed E-state index contributed by atoms with van der Waals surface area (Å²) in [6.45, 7) is 2.09. The molecule has 1 aliphatic rings. The van der Waals surface area contributed by atoms with Gasteiger partial charge in [0, 0.05) is 6.61 Å². The van der Waals surface area contributed by atoms with E-state index in [1.165, 1.54) is 0 Å². The molecular formula is C7H12O4. The molecule has 0 amide bonds. The first-order valence-corrected chi connectivity index (χ1v) is 3.56. The molecular weight excluding hydrogens is 148 g/mol. The number of carboxylic acids is 1. The van der Waals surface area contributed by atoms with Gasteiger partial charge in [0.25, 0.3) is 0 Å². The highest BCUT2D eigenvalue weighted by atomic mass is 16.5. The SMILES string of the molecule is CC1(C(=O)O)CCOCC1O. The largest absolute Gasteiger partial charge is 0.481 e. The van der Waals surface area contributed by atoms with Crippen LogP contribution < -0.4 is 0 Å². The number of hydrogen-bond acceptors (Lipinski definition) is 3. The van der Waals surface area contributed by atoms with E-state index in [0.29, 0.717) is 13.0 Å². The van der Waals surface area contributed by atoms with E-state index < -0.39 is 17.5 Å². The highest BCUT2D eigenvalue weighted by molar-refractivity contribution is 5.75. The first kappa shape index (κ1) is 8.49. The van der Waals surface area contributed by atoms with E-state index in [1.54, 1.807) is 6.92 Å². The average molecular weight is 160 g/mol. The summed E-state index contributed by atoms with van der Waals surface area (Å²) in [5.74, 6) is -0.951. The van der Waals surface area contributed by atoms with Crippen molar-refractivity contribution in [2.45, 2.75) is 19.4 Å². The molecule has 1 saturated heterocycles. The Morgan fingerprint density at radius 3 is 2.73 bits per heavy atom. The van der Waals surface area contributed by atoms with Crippen LogP contribution in [0.5, 0.6) is 0 Å². The monoisotopic (exact) mass is 160 g/mol. The number of ether oxygens (including phenoxy) is 1. The number of carbonyl (C=O) groups is 1. The lowest BCUT2D eigenvalue weighted by Crippen LogP contribution is -2.46. The molecule has 1 heterocycles. The summed E-state index contributed by atoms with van der Waals surface area (Å²) in [7, 11) is 0. The zero-order valence-corrected chi connectivity index (χ0v) is 6.41. The van der Waals surface area contributed by atoms with Crippen LogP contribution in [0.25, 0.3) is 0 Å². The van der Waals surface area contributed by atoms with Crippen LogP contribution in [0.2, 0.25) is 0 Å². The summed E-state index contributed by atoms with van der Waals surface area (Å²) in [5, 5.41) is 18.0. The lowest BCUT2D eigenvalue weighted by Gasteiger charge is -2.33. The minimum Gasteiger partial charge on any atom is -0.481 e. The van der Waals surface area contributed by atoms with Crippen molar-refractivity contribution in [3.63, 3.8) is 0 Å². The number of aliphatic hydroxyl groups excluding tert-OH is 1. The third kappa shape index (κ3) is 1.36. The van der Waals surface area contributed by atoms with Crippen molar-refractivity contribution in [3.8, 4) is 0 Å². The molecule has 64 valence electrons. The average Bonchev–Trinajstić information content (AvgIpc) is 1.95. The smallest absolute Gasteiger partial charge is 0.312 e. The van der Waals surface area contributed by atoms with Crippen LogP contribution in [-0.4, -0.2) is 35.5 Å². The second-order valence-electron chi connectivity index (χ2n) is 3.06. The third-order valence-corrected chi connectivity index (χ3v) is 2.27. The van der Waals surface area contributed by atoms with Crippen molar-refractivity contribution in [1.82, 2.24) is 0 Å². The maximum absolute atomic E-state index is 10.7. The number of rotatable bonds is 1. The topological polar surface area (TPSA) is 66.8 Å². The second kappa shape index (κ2) is 2.79. The molecule has 2 unspecified atom stereocenters. The van der Waals surface area contributed by atoms with Gasteiger partial charge >= 0.3 is 5.97 Å². The summed E-state index contributed by atoms with van der Waals surface area (Å²) in [6, 6.07) is 0. The molecule has 1 rings (SSSR count). The van der Waals surface area contributed by atoms with Gasteiger partial charge in [-0.2, -0.15) is 0 Å². The Kier molecular flexibility index (Phi) is 2.15. The normalized spacial score (nSPS) is 38.5. The van der Waals surface area contributed by atoms with Crippen LogP contribution in [0.15, 0.2) is 0 Å². The van der Waals surface area contributed by atoms with Crippen molar-refractivity contribution >= 4 is 5.97 Å². The molecule has 1 fully saturated rings. The van der Waals surface area contributed by atoms with Crippen LogP contribution in [0.4, 0.5) is 0 Å². The molecule has 0 bridgehead atoms. The lowest BCUT2D eigenvalue weighted by molar-refractivity contribution is -0.167. The molecule has 0 saturated carbocycles. The quantitative estimate of drug-likeness (QED) is 0.560. The molecule has 11 heavy (non-hydrogen) atoms. The molecule has 0 spiro atoms. The number of carboxylic acid groups (broad SMARTS) is 1. The van der Waals surface area contributed by atoms with Crippen LogP contribution in [0.1, 0.15) is 13.3 Å². The van der Waals surface area contributed by atoms with Gasteiger partial charge in [0.1, 0.15) is 0 Å². The summed E-state index contributed by atoms with van der Waals surface area (Å²) >= 11 is 0. The van der Waals surface area contributed by atoms with Crippen molar-refractivity contribution < 1.29 is 19.7 Å². The lowest BCUT2D eigenvalue weighted by atomic mass is 9.80. The van der Waals surface area contributed by atoms with Gasteiger partial charge < -0.3 is 14.9 Å². The summed E-state index contributed by atoms with van der Waals surface area (Å²) in [4.78, 5) is 10.7. The van der Waals surface area contributed by atoms with E-state index in [9.17, 15) is 9.90 Å². The predicted octanol–water partition coefficient (Wildman–Crippen LogP) is -0.142. The molecule has 0 radical (unpaired) electrons. The van der Waals surface area contributed by atoms with E-state index in [-0.39, 0.29) is 6.61 Å². The molecule has 0 aromatic carbocycles. The molecule has 4 nitrogen and oxygen atoms in total. The van der Waals surface area contributed by atoms with E-state index in [2.05, 4.69) is 0 Å². The van der Waals surface area contributed by atoms with Gasteiger partial charge in [-0.15, -0.1) is 0 Å². The molecule has 2 atom stereocenters. The van der Waals surface area contributed by atoms with Crippen molar-refractivity contribution in [3.05, 3.63) is 0 Å². The molecule has 0 aromatic heterocycles.